The molecule has 0 atom stereocenters. The minimum atomic E-state index is -0.410. The number of hydrogen-bond donors (Lipinski definition) is 0. The molecular weight excluding hydrogens is 208 g/mol. The Hall–Kier alpha value is -1.84. The van der Waals surface area contributed by atoms with Crippen molar-refractivity contribution in [2.24, 2.45) is 0 Å². The molecular formula is C12H14O4. The van der Waals surface area contributed by atoms with Crippen LogP contribution in [0.3, 0.4) is 0 Å². The van der Waals surface area contributed by atoms with Crippen molar-refractivity contribution in [3.8, 4) is 0 Å². The summed E-state index contributed by atoms with van der Waals surface area (Å²) in [5.41, 5.74) is 1.57. The number of rotatable bonds is 4. The Balaban J connectivity index is 2.35. The van der Waals surface area contributed by atoms with Crippen LogP contribution in [0.5, 0.6) is 0 Å². The van der Waals surface area contributed by atoms with E-state index in [9.17, 15) is 9.59 Å². The van der Waals surface area contributed by atoms with Gasteiger partial charge >= 0.3 is 11.9 Å². The van der Waals surface area contributed by atoms with Gasteiger partial charge in [-0.2, -0.15) is 0 Å². The first-order valence-corrected chi connectivity index (χ1v) is 4.97. The standard InChI is InChI=1S/C12H14O4/c1-9-3-5-11(6-4-9)12(14)16-8-7-15-10(2)13/h3-6H,7-8H2,1-2H3. The first-order valence-electron chi connectivity index (χ1n) is 4.97. The summed E-state index contributed by atoms with van der Waals surface area (Å²) in [7, 11) is 0. The number of hydrogen-bond acceptors (Lipinski definition) is 4. The number of benzene rings is 1. The molecule has 0 unspecified atom stereocenters. The van der Waals surface area contributed by atoms with Crippen LogP contribution in [0, 0.1) is 6.92 Å². The van der Waals surface area contributed by atoms with E-state index in [0.29, 0.717) is 5.56 Å². The van der Waals surface area contributed by atoms with Gasteiger partial charge in [0.25, 0.3) is 0 Å². The molecule has 0 heterocycles. The third kappa shape index (κ3) is 4.13. The Morgan fingerprint density at radius 3 is 2.19 bits per heavy atom. The third-order valence-corrected chi connectivity index (χ3v) is 1.91. The highest BCUT2D eigenvalue weighted by molar-refractivity contribution is 5.89. The maximum absolute atomic E-state index is 11.4. The smallest absolute Gasteiger partial charge is 0.338 e. The Bertz CT molecular complexity index is 367. The predicted octanol–water partition coefficient (Wildman–Crippen LogP) is 1.71. The van der Waals surface area contributed by atoms with E-state index in [2.05, 4.69) is 4.74 Å². The van der Waals surface area contributed by atoms with Crippen LogP contribution in [-0.2, 0) is 14.3 Å². The molecule has 1 aromatic carbocycles. The summed E-state index contributed by atoms with van der Waals surface area (Å²) in [5.74, 6) is -0.793. The van der Waals surface area contributed by atoms with Gasteiger partial charge in [-0.3, -0.25) is 4.79 Å². The predicted molar refractivity (Wildman–Crippen MR) is 58.1 cm³/mol. The highest BCUT2D eigenvalue weighted by atomic mass is 16.6. The minimum absolute atomic E-state index is 0.0757. The van der Waals surface area contributed by atoms with Crippen molar-refractivity contribution >= 4 is 11.9 Å². The summed E-state index contributed by atoms with van der Waals surface area (Å²) in [6.07, 6.45) is 0. The fraction of sp³-hybridized carbons (Fsp3) is 0.333. The van der Waals surface area contributed by atoms with Gasteiger partial charge in [-0.15, -0.1) is 0 Å². The van der Waals surface area contributed by atoms with E-state index in [1.165, 1.54) is 6.92 Å². The van der Waals surface area contributed by atoms with Crippen molar-refractivity contribution in [2.45, 2.75) is 13.8 Å². The Morgan fingerprint density at radius 1 is 1.06 bits per heavy atom. The van der Waals surface area contributed by atoms with E-state index < -0.39 is 5.97 Å². The van der Waals surface area contributed by atoms with Gasteiger partial charge in [-0.1, -0.05) is 17.7 Å². The summed E-state index contributed by atoms with van der Waals surface area (Å²) < 4.78 is 9.53. The van der Waals surface area contributed by atoms with Crippen LogP contribution in [0.4, 0.5) is 0 Å². The van der Waals surface area contributed by atoms with Gasteiger partial charge in [-0.25, -0.2) is 4.79 Å². The summed E-state index contributed by atoms with van der Waals surface area (Å²) in [4.78, 5) is 21.9. The fourth-order valence-electron chi connectivity index (χ4n) is 1.09. The van der Waals surface area contributed by atoms with Crippen LogP contribution < -0.4 is 0 Å². The fourth-order valence-corrected chi connectivity index (χ4v) is 1.09. The van der Waals surface area contributed by atoms with Gasteiger partial charge < -0.3 is 9.47 Å². The van der Waals surface area contributed by atoms with Crippen molar-refractivity contribution < 1.29 is 19.1 Å². The summed E-state index contributed by atoms with van der Waals surface area (Å²) in [6, 6.07) is 7.07. The van der Waals surface area contributed by atoms with Gasteiger partial charge in [-0.05, 0) is 19.1 Å². The van der Waals surface area contributed by atoms with Crippen LogP contribution in [-0.4, -0.2) is 25.2 Å². The van der Waals surface area contributed by atoms with Crippen molar-refractivity contribution in [2.75, 3.05) is 13.2 Å². The highest BCUT2D eigenvalue weighted by Crippen LogP contribution is 2.04. The van der Waals surface area contributed by atoms with Crippen LogP contribution >= 0.6 is 0 Å². The maximum Gasteiger partial charge on any atom is 0.338 e. The zero-order valence-electron chi connectivity index (χ0n) is 9.36. The second-order valence-corrected chi connectivity index (χ2v) is 3.34. The summed E-state index contributed by atoms with van der Waals surface area (Å²) in [5, 5.41) is 0. The van der Waals surface area contributed by atoms with Crippen LogP contribution in [0.25, 0.3) is 0 Å². The SMILES string of the molecule is CC(=O)OCCOC(=O)c1ccc(C)cc1. The van der Waals surface area contributed by atoms with Crippen molar-refractivity contribution in [1.82, 2.24) is 0 Å². The molecule has 86 valence electrons. The molecule has 4 nitrogen and oxygen atoms in total. The lowest BCUT2D eigenvalue weighted by Gasteiger charge is -2.05. The number of ether oxygens (including phenoxy) is 2. The molecule has 0 bridgehead atoms. The van der Waals surface area contributed by atoms with Crippen LogP contribution in [0.2, 0.25) is 0 Å². The maximum atomic E-state index is 11.4. The largest absolute Gasteiger partial charge is 0.462 e. The van der Waals surface area contributed by atoms with Crippen molar-refractivity contribution in [3.63, 3.8) is 0 Å². The van der Waals surface area contributed by atoms with Gasteiger partial charge in [0, 0.05) is 6.92 Å². The van der Waals surface area contributed by atoms with E-state index in [1.807, 2.05) is 19.1 Å². The molecule has 0 aliphatic rings. The molecule has 0 aliphatic heterocycles. The molecule has 0 radical (unpaired) electrons. The molecule has 0 N–H and O–H groups in total. The first-order chi connectivity index (χ1) is 7.59. The zero-order chi connectivity index (χ0) is 12.0. The molecule has 0 amide bonds. The number of carbonyl (C=O) groups is 2. The normalized spacial score (nSPS) is 9.62. The lowest BCUT2D eigenvalue weighted by atomic mass is 10.1. The van der Waals surface area contributed by atoms with E-state index in [4.69, 9.17) is 4.74 Å². The molecule has 0 spiro atoms. The van der Waals surface area contributed by atoms with Gasteiger partial charge in [0.2, 0.25) is 0 Å². The molecule has 0 aromatic heterocycles. The summed E-state index contributed by atoms with van der Waals surface area (Å²) >= 11 is 0. The monoisotopic (exact) mass is 222 g/mol. The van der Waals surface area contributed by atoms with Crippen LogP contribution in [0.1, 0.15) is 22.8 Å². The molecule has 0 fully saturated rings. The minimum Gasteiger partial charge on any atom is -0.462 e. The van der Waals surface area contributed by atoms with E-state index in [-0.39, 0.29) is 19.2 Å². The first kappa shape index (κ1) is 12.2. The second-order valence-electron chi connectivity index (χ2n) is 3.34. The number of aryl methyl sites for hydroxylation is 1. The average molecular weight is 222 g/mol. The Labute approximate surface area is 94.2 Å². The van der Waals surface area contributed by atoms with Crippen molar-refractivity contribution in [3.05, 3.63) is 35.4 Å². The molecule has 1 aromatic rings. The van der Waals surface area contributed by atoms with E-state index in [1.54, 1.807) is 12.1 Å². The van der Waals surface area contributed by atoms with Gasteiger partial charge in [0.1, 0.15) is 13.2 Å². The quantitative estimate of drug-likeness (QED) is 0.575. The number of carbonyl (C=O) groups excluding carboxylic acids is 2. The average Bonchev–Trinajstić information content (AvgIpc) is 2.25. The van der Waals surface area contributed by atoms with Crippen LogP contribution in [0.15, 0.2) is 24.3 Å². The summed E-state index contributed by atoms with van der Waals surface area (Å²) in [6.45, 7) is 3.41. The highest BCUT2D eigenvalue weighted by Gasteiger charge is 2.06. The van der Waals surface area contributed by atoms with E-state index >= 15 is 0 Å². The Morgan fingerprint density at radius 2 is 1.62 bits per heavy atom. The van der Waals surface area contributed by atoms with Crippen molar-refractivity contribution in [1.29, 1.82) is 0 Å². The van der Waals surface area contributed by atoms with Gasteiger partial charge in [0.05, 0.1) is 5.56 Å². The lowest BCUT2D eigenvalue weighted by Crippen LogP contribution is -2.12. The van der Waals surface area contributed by atoms with E-state index in [0.717, 1.165) is 5.56 Å². The Kier molecular flexibility index (Phi) is 4.51. The zero-order valence-corrected chi connectivity index (χ0v) is 9.36. The molecule has 16 heavy (non-hydrogen) atoms. The van der Waals surface area contributed by atoms with Gasteiger partial charge in [0.15, 0.2) is 0 Å². The lowest BCUT2D eigenvalue weighted by molar-refractivity contribution is -0.142. The topological polar surface area (TPSA) is 52.6 Å². The molecule has 0 aliphatic carbocycles. The number of esters is 2. The third-order valence-electron chi connectivity index (χ3n) is 1.91. The molecule has 0 saturated heterocycles. The molecule has 0 saturated carbocycles. The molecule has 4 heteroatoms. The molecule has 1 rings (SSSR count). The second kappa shape index (κ2) is 5.90.